The number of hydrogen-bond donors (Lipinski definition) is 0. The fourth-order valence-electron chi connectivity index (χ4n) is 4.32. The number of rotatable bonds is 5. The molecule has 2 atom stereocenters. The average Bonchev–Trinajstić information content (AvgIpc) is 2.78. The van der Waals surface area contributed by atoms with Gasteiger partial charge in [-0.2, -0.15) is 0 Å². The van der Waals surface area contributed by atoms with Crippen LogP contribution in [-0.2, 0) is 14.8 Å². The summed E-state index contributed by atoms with van der Waals surface area (Å²) in [6.07, 6.45) is 5.44. The summed E-state index contributed by atoms with van der Waals surface area (Å²) in [5, 5.41) is 0. The lowest BCUT2D eigenvalue weighted by atomic mass is 9.79. The molecule has 1 heterocycles. The number of benzene rings is 2. The van der Waals surface area contributed by atoms with Gasteiger partial charge < -0.3 is 9.47 Å². The van der Waals surface area contributed by atoms with Crippen LogP contribution in [0.2, 0.25) is 0 Å². The Morgan fingerprint density at radius 2 is 1.70 bits per heavy atom. The minimum Gasteiger partial charge on any atom is -0.493 e. The lowest BCUT2D eigenvalue weighted by molar-refractivity contribution is -0.132. The number of nitrogens with zero attached hydrogens (tertiary/aromatic N) is 1. The molecule has 158 valence electrons. The van der Waals surface area contributed by atoms with Crippen LogP contribution in [0.5, 0.6) is 11.5 Å². The van der Waals surface area contributed by atoms with Crippen LogP contribution in [0.3, 0.4) is 0 Å². The molecule has 2 aromatic carbocycles. The van der Waals surface area contributed by atoms with Crippen LogP contribution in [0.4, 0.5) is 0 Å². The van der Waals surface area contributed by atoms with Gasteiger partial charge in [-0.25, -0.2) is 12.7 Å². The molecule has 6 nitrogen and oxygen atoms in total. The first-order valence-electron chi connectivity index (χ1n) is 10.0. The van der Waals surface area contributed by atoms with Gasteiger partial charge in [-0.3, -0.25) is 4.79 Å². The molecule has 0 N–H and O–H groups in total. The number of hydrogen-bond acceptors (Lipinski definition) is 5. The molecule has 1 aliphatic heterocycles. The molecular weight excluding hydrogens is 402 g/mol. The van der Waals surface area contributed by atoms with Gasteiger partial charge in [0.2, 0.25) is 5.91 Å². The maximum atomic E-state index is 13.7. The predicted molar refractivity (Wildman–Crippen MR) is 113 cm³/mol. The summed E-state index contributed by atoms with van der Waals surface area (Å²) >= 11 is 0. The van der Waals surface area contributed by atoms with Crippen molar-refractivity contribution in [2.24, 2.45) is 5.92 Å². The number of ether oxygens (including phenoxy) is 2. The highest BCUT2D eigenvalue weighted by Gasteiger charge is 2.44. The Bertz CT molecular complexity index is 1080. The fraction of sp³-hybridized carbons (Fsp3) is 0.348. The van der Waals surface area contributed by atoms with E-state index in [-0.39, 0.29) is 16.7 Å². The Labute approximate surface area is 177 Å². The Kier molecular flexibility index (Phi) is 5.56. The summed E-state index contributed by atoms with van der Waals surface area (Å²) in [6, 6.07) is 13.0. The number of sulfonamides is 1. The molecule has 2 aromatic rings. The minimum atomic E-state index is -4.11. The first-order chi connectivity index (χ1) is 14.5. The lowest BCUT2D eigenvalue weighted by Crippen LogP contribution is -2.46. The van der Waals surface area contributed by atoms with Gasteiger partial charge in [0.05, 0.1) is 31.1 Å². The molecular formula is C23H25NO5S. The van der Waals surface area contributed by atoms with Crippen molar-refractivity contribution in [3.05, 3.63) is 65.7 Å². The first-order valence-corrected chi connectivity index (χ1v) is 11.5. The maximum Gasteiger partial charge on any atom is 0.267 e. The van der Waals surface area contributed by atoms with Gasteiger partial charge in [0.25, 0.3) is 10.0 Å². The van der Waals surface area contributed by atoms with Gasteiger partial charge in [-0.05, 0) is 37.0 Å². The number of carbonyl (C=O) groups excluding carboxylic acids is 1. The summed E-state index contributed by atoms with van der Waals surface area (Å²) in [7, 11) is -1.18. The van der Waals surface area contributed by atoms with Gasteiger partial charge in [0.15, 0.2) is 11.5 Å². The minimum absolute atomic E-state index is 0.00194. The van der Waals surface area contributed by atoms with Crippen LogP contribution in [0, 0.1) is 5.92 Å². The van der Waals surface area contributed by atoms with Crippen LogP contribution in [-0.4, -0.2) is 32.8 Å². The molecule has 30 heavy (non-hydrogen) atoms. The van der Waals surface area contributed by atoms with Crippen molar-refractivity contribution in [2.75, 3.05) is 14.2 Å². The zero-order valence-corrected chi connectivity index (χ0v) is 17.9. The van der Waals surface area contributed by atoms with Crippen molar-refractivity contribution in [3.8, 4) is 11.5 Å². The van der Waals surface area contributed by atoms with Crippen LogP contribution in [0.1, 0.15) is 37.3 Å². The second-order valence-electron chi connectivity index (χ2n) is 7.55. The second-order valence-corrected chi connectivity index (χ2v) is 9.37. The quantitative estimate of drug-likeness (QED) is 0.672. The predicted octanol–water partition coefficient (Wildman–Crippen LogP) is 4.09. The molecule has 1 fully saturated rings. The molecule has 2 unspecified atom stereocenters. The van der Waals surface area contributed by atoms with E-state index in [4.69, 9.17) is 9.47 Å². The van der Waals surface area contributed by atoms with Gasteiger partial charge in [0.1, 0.15) is 0 Å². The summed E-state index contributed by atoms with van der Waals surface area (Å²) in [5.74, 6) is 0.00755. The highest BCUT2D eigenvalue weighted by Crippen LogP contribution is 2.43. The number of carbonyl (C=O) groups is 1. The molecule has 4 rings (SSSR count). The zero-order valence-electron chi connectivity index (χ0n) is 17.1. The van der Waals surface area contributed by atoms with E-state index in [0.29, 0.717) is 17.9 Å². The molecule has 2 aliphatic rings. The van der Waals surface area contributed by atoms with E-state index in [0.717, 1.165) is 34.7 Å². The molecule has 0 radical (unpaired) electrons. The van der Waals surface area contributed by atoms with Crippen molar-refractivity contribution in [3.63, 3.8) is 0 Å². The van der Waals surface area contributed by atoms with Crippen molar-refractivity contribution >= 4 is 15.9 Å². The van der Waals surface area contributed by atoms with E-state index >= 15 is 0 Å². The molecule has 1 aliphatic carbocycles. The smallest absolute Gasteiger partial charge is 0.267 e. The van der Waals surface area contributed by atoms with Gasteiger partial charge >= 0.3 is 0 Å². The molecule has 0 spiro atoms. The van der Waals surface area contributed by atoms with Crippen molar-refractivity contribution in [2.45, 2.75) is 36.6 Å². The third-order valence-electron chi connectivity index (χ3n) is 5.85. The van der Waals surface area contributed by atoms with E-state index in [1.54, 1.807) is 6.07 Å². The monoisotopic (exact) mass is 427 g/mol. The van der Waals surface area contributed by atoms with Crippen molar-refractivity contribution in [1.82, 2.24) is 4.31 Å². The highest BCUT2D eigenvalue weighted by molar-refractivity contribution is 7.89. The molecule has 7 heteroatoms. The van der Waals surface area contributed by atoms with E-state index in [9.17, 15) is 13.2 Å². The Morgan fingerprint density at radius 3 is 2.40 bits per heavy atom. The average molecular weight is 428 g/mol. The summed E-state index contributed by atoms with van der Waals surface area (Å²) in [4.78, 5) is 13.5. The topological polar surface area (TPSA) is 72.9 Å². The van der Waals surface area contributed by atoms with Gasteiger partial charge in [-0.15, -0.1) is 0 Å². The molecule has 1 amide bonds. The standard InChI is InChI=1S/C23H25NO5S/c1-28-21-13-12-18(15-22(21)29-2)30(26,27)24-20(16-8-4-3-5-9-16)14-17-10-6-7-11-19(17)23(24)25/h3-5,8-9,12-15,19-20H,6-7,10-11H2,1-2H3. The second kappa shape index (κ2) is 8.14. The fourth-order valence-corrected chi connectivity index (χ4v) is 5.89. The Balaban J connectivity index is 1.85. The Morgan fingerprint density at radius 1 is 0.967 bits per heavy atom. The van der Waals surface area contributed by atoms with Crippen molar-refractivity contribution < 1.29 is 22.7 Å². The van der Waals surface area contributed by atoms with Crippen LogP contribution in [0.15, 0.2) is 65.1 Å². The molecule has 0 bridgehead atoms. The molecule has 1 saturated carbocycles. The molecule has 0 saturated heterocycles. The number of methoxy groups -OCH3 is 2. The molecule has 0 aromatic heterocycles. The zero-order chi connectivity index (χ0) is 21.3. The highest BCUT2D eigenvalue weighted by atomic mass is 32.2. The maximum absolute atomic E-state index is 13.7. The van der Waals surface area contributed by atoms with Gasteiger partial charge in [0, 0.05) is 6.07 Å². The van der Waals surface area contributed by atoms with Crippen LogP contribution >= 0.6 is 0 Å². The van der Waals surface area contributed by atoms with Gasteiger partial charge in [-0.1, -0.05) is 48.4 Å². The van der Waals surface area contributed by atoms with Crippen molar-refractivity contribution in [1.29, 1.82) is 0 Å². The van der Waals surface area contributed by atoms with E-state index < -0.39 is 16.1 Å². The first kappa shape index (κ1) is 20.5. The van der Waals surface area contributed by atoms with Crippen LogP contribution < -0.4 is 9.47 Å². The third-order valence-corrected chi connectivity index (χ3v) is 7.62. The number of fused-ring (bicyclic) bond motifs is 1. The SMILES string of the molecule is COc1ccc(S(=O)(=O)N2C(=O)C3CCCCC3=CC2c2ccccc2)cc1OC. The summed E-state index contributed by atoms with van der Waals surface area (Å²) in [5.41, 5.74) is 1.82. The lowest BCUT2D eigenvalue weighted by Gasteiger charge is -2.39. The van der Waals surface area contributed by atoms with Crippen LogP contribution in [0.25, 0.3) is 0 Å². The largest absolute Gasteiger partial charge is 0.493 e. The third kappa shape index (κ3) is 3.47. The van der Waals surface area contributed by atoms with E-state index in [2.05, 4.69) is 0 Å². The normalized spacial score (nSPS) is 21.6. The van der Waals surface area contributed by atoms with E-state index in [1.165, 1.54) is 26.4 Å². The number of amides is 1. The Hall–Kier alpha value is -2.80. The summed E-state index contributed by atoms with van der Waals surface area (Å²) in [6.45, 7) is 0. The van der Waals surface area contributed by atoms with E-state index in [1.807, 2.05) is 36.4 Å². The summed E-state index contributed by atoms with van der Waals surface area (Å²) < 4.78 is 39.0.